The highest BCUT2D eigenvalue weighted by Gasteiger charge is 2.38. The lowest BCUT2D eigenvalue weighted by Crippen LogP contribution is -2.15. The second kappa shape index (κ2) is 4.62. The topological polar surface area (TPSA) is 15.8 Å². The Hall–Kier alpha value is -1.39. The molecule has 1 N–H and O–H groups in total. The Morgan fingerprint density at radius 3 is 2.68 bits per heavy atom. The van der Waals surface area contributed by atoms with E-state index in [4.69, 9.17) is 0 Å². The fourth-order valence-corrected chi connectivity index (χ4v) is 3.17. The van der Waals surface area contributed by atoms with Gasteiger partial charge < -0.3 is 4.98 Å². The summed E-state index contributed by atoms with van der Waals surface area (Å²) in [6, 6.07) is 6.71. The summed E-state index contributed by atoms with van der Waals surface area (Å²) in [6.07, 6.45) is -0.409. The summed E-state index contributed by atoms with van der Waals surface area (Å²) in [5.41, 5.74) is 0.541. The minimum atomic E-state index is -4.29. The molecule has 0 radical (unpaired) electrons. The maximum atomic E-state index is 13.3. The number of para-hydroxylation sites is 1. The predicted molar refractivity (Wildman–Crippen MR) is 72.0 cm³/mol. The molecule has 0 spiro atoms. The number of alkyl halides is 3. The number of hydrogen-bond acceptors (Lipinski definition) is 0. The average Bonchev–Trinajstić information content (AvgIpc) is 2.79. The van der Waals surface area contributed by atoms with Gasteiger partial charge in [-0.2, -0.15) is 13.2 Å². The third-order valence-electron chi connectivity index (χ3n) is 4.03. The van der Waals surface area contributed by atoms with Crippen molar-refractivity contribution in [3.63, 3.8) is 0 Å². The molecule has 3 rings (SSSR count). The van der Waals surface area contributed by atoms with Crippen LogP contribution < -0.4 is 0 Å². The van der Waals surface area contributed by atoms with Crippen molar-refractivity contribution in [1.29, 1.82) is 0 Å². The molecule has 1 unspecified atom stereocenters. The normalized spacial score (nSPS) is 20.5. The van der Waals surface area contributed by atoms with Crippen molar-refractivity contribution in [3.8, 4) is 0 Å². The second-order valence-corrected chi connectivity index (χ2v) is 5.29. The smallest absolute Gasteiger partial charge is 0.358 e. The van der Waals surface area contributed by atoms with Gasteiger partial charge in [0.05, 0.1) is 5.56 Å². The largest absolute Gasteiger partial charge is 0.418 e. The van der Waals surface area contributed by atoms with Crippen LogP contribution >= 0.6 is 0 Å². The van der Waals surface area contributed by atoms with Gasteiger partial charge in [-0.25, -0.2) is 0 Å². The molecule has 1 fully saturated rings. The molecule has 0 bridgehead atoms. The molecule has 1 aliphatic rings. The highest BCUT2D eigenvalue weighted by Crippen LogP contribution is 2.43. The Bertz CT molecular complexity index is 582. The minimum absolute atomic E-state index is 0.0257. The van der Waals surface area contributed by atoms with Crippen LogP contribution in [0.3, 0.4) is 0 Å². The summed E-state index contributed by atoms with van der Waals surface area (Å²) in [4.78, 5) is 3.02. The number of rotatable bonds is 1. The summed E-state index contributed by atoms with van der Waals surface area (Å²) >= 11 is 0. The number of aromatic nitrogens is 1. The highest BCUT2D eigenvalue weighted by atomic mass is 19.4. The first kappa shape index (κ1) is 12.6. The number of halogens is 3. The number of hydrogen-bond donors (Lipinski definition) is 1. The van der Waals surface area contributed by atoms with Gasteiger partial charge in [0.15, 0.2) is 0 Å². The first-order valence-corrected chi connectivity index (χ1v) is 6.75. The van der Waals surface area contributed by atoms with Crippen molar-refractivity contribution in [1.82, 2.24) is 4.98 Å². The first-order chi connectivity index (χ1) is 9.07. The standard InChI is InChI=1S/C14H15BF3N/c16-14(17,18)12-10-5-1-2-6-11(10)19-13(12)9-4-3-7-15-8-9/h1-2,5-6,9,15,19H,3-4,7-8H2. The molecule has 1 atom stereocenters. The zero-order valence-corrected chi connectivity index (χ0v) is 10.6. The van der Waals surface area contributed by atoms with Gasteiger partial charge in [-0.05, 0) is 18.4 Å². The molecule has 1 nitrogen and oxygen atoms in total. The monoisotopic (exact) mass is 265 g/mol. The molecule has 0 saturated carbocycles. The van der Waals surface area contributed by atoms with E-state index in [-0.39, 0.29) is 5.92 Å². The summed E-state index contributed by atoms with van der Waals surface area (Å²) in [7, 11) is 1.03. The average molecular weight is 265 g/mol. The number of nitrogens with one attached hydrogen (secondary N) is 1. The second-order valence-electron chi connectivity index (χ2n) is 5.29. The molecule has 1 aromatic carbocycles. The summed E-state index contributed by atoms with van der Waals surface area (Å²) in [6.45, 7) is 0. The number of fused-ring (bicyclic) bond motifs is 1. The highest BCUT2D eigenvalue weighted by molar-refractivity contribution is 6.36. The molecule has 0 amide bonds. The van der Waals surface area contributed by atoms with Crippen molar-refractivity contribution < 1.29 is 13.2 Å². The number of benzene rings is 1. The Kier molecular flexibility index (Phi) is 3.07. The molecule has 2 aromatic rings. The van der Waals surface area contributed by atoms with Crippen LogP contribution in [0.15, 0.2) is 24.3 Å². The maximum absolute atomic E-state index is 13.3. The van der Waals surface area contributed by atoms with Crippen molar-refractivity contribution in [2.75, 3.05) is 0 Å². The van der Waals surface area contributed by atoms with Crippen molar-refractivity contribution in [2.45, 2.75) is 37.6 Å². The van der Waals surface area contributed by atoms with Gasteiger partial charge in [0.25, 0.3) is 0 Å². The van der Waals surface area contributed by atoms with E-state index >= 15 is 0 Å². The molecule has 100 valence electrons. The lowest BCUT2D eigenvalue weighted by atomic mass is 9.59. The molecule has 0 aliphatic carbocycles. The van der Waals surface area contributed by atoms with E-state index in [0.717, 1.165) is 32.8 Å². The van der Waals surface area contributed by atoms with E-state index < -0.39 is 11.7 Å². The van der Waals surface area contributed by atoms with Crippen LogP contribution in [0.2, 0.25) is 12.6 Å². The minimum Gasteiger partial charge on any atom is -0.358 e. The Morgan fingerprint density at radius 1 is 1.21 bits per heavy atom. The van der Waals surface area contributed by atoms with Crippen LogP contribution in [0.1, 0.15) is 30.0 Å². The van der Waals surface area contributed by atoms with Crippen molar-refractivity contribution in [2.24, 2.45) is 0 Å². The van der Waals surface area contributed by atoms with Crippen LogP contribution in [0.25, 0.3) is 10.9 Å². The van der Waals surface area contributed by atoms with Gasteiger partial charge in [-0.1, -0.05) is 37.3 Å². The van der Waals surface area contributed by atoms with Gasteiger partial charge >= 0.3 is 6.18 Å². The molecular formula is C14H15BF3N. The van der Waals surface area contributed by atoms with E-state index in [2.05, 4.69) is 4.98 Å². The predicted octanol–water partition coefficient (Wildman–Crippen LogP) is 4.34. The Balaban J connectivity index is 2.17. The van der Waals surface area contributed by atoms with E-state index in [1.54, 1.807) is 24.3 Å². The number of aromatic amines is 1. The third-order valence-corrected chi connectivity index (χ3v) is 4.03. The molecule has 5 heteroatoms. The van der Waals surface area contributed by atoms with Crippen LogP contribution in [-0.2, 0) is 6.18 Å². The van der Waals surface area contributed by atoms with Gasteiger partial charge in [0.1, 0.15) is 7.28 Å². The fourth-order valence-electron chi connectivity index (χ4n) is 3.17. The zero-order chi connectivity index (χ0) is 13.5. The van der Waals surface area contributed by atoms with Crippen LogP contribution in [0.4, 0.5) is 13.2 Å². The molecule has 19 heavy (non-hydrogen) atoms. The van der Waals surface area contributed by atoms with Gasteiger partial charge in [-0.15, -0.1) is 0 Å². The van der Waals surface area contributed by atoms with Crippen LogP contribution in [0, 0.1) is 0 Å². The molecule has 1 saturated heterocycles. The van der Waals surface area contributed by atoms with E-state index in [1.807, 2.05) is 0 Å². The van der Waals surface area contributed by atoms with E-state index in [0.29, 0.717) is 16.6 Å². The number of H-pyrrole nitrogens is 1. The molecule has 2 heterocycles. The third kappa shape index (κ3) is 2.26. The summed E-state index contributed by atoms with van der Waals surface area (Å²) in [5, 5.41) is 0.301. The van der Waals surface area contributed by atoms with Gasteiger partial charge in [0, 0.05) is 16.6 Å². The Labute approximate surface area is 110 Å². The van der Waals surface area contributed by atoms with E-state index in [1.165, 1.54) is 0 Å². The maximum Gasteiger partial charge on any atom is 0.418 e. The van der Waals surface area contributed by atoms with Gasteiger partial charge in [-0.3, -0.25) is 0 Å². The SMILES string of the molecule is FC(F)(F)c1c(C2CBCCC2)[nH]c2ccccc12. The van der Waals surface area contributed by atoms with Crippen LogP contribution in [-0.4, -0.2) is 12.3 Å². The van der Waals surface area contributed by atoms with E-state index in [9.17, 15) is 13.2 Å². The van der Waals surface area contributed by atoms with Crippen molar-refractivity contribution >= 4 is 18.2 Å². The fraction of sp³-hybridized carbons (Fsp3) is 0.429. The van der Waals surface area contributed by atoms with Crippen LogP contribution in [0.5, 0.6) is 0 Å². The first-order valence-electron chi connectivity index (χ1n) is 6.75. The summed E-state index contributed by atoms with van der Waals surface area (Å²) in [5.74, 6) is 0.0257. The lowest BCUT2D eigenvalue weighted by molar-refractivity contribution is -0.137. The molecule has 1 aromatic heterocycles. The quantitative estimate of drug-likeness (QED) is 0.738. The zero-order valence-electron chi connectivity index (χ0n) is 10.6. The molecule has 1 aliphatic heterocycles. The molecular weight excluding hydrogens is 250 g/mol. The van der Waals surface area contributed by atoms with Crippen molar-refractivity contribution in [3.05, 3.63) is 35.5 Å². The van der Waals surface area contributed by atoms with Gasteiger partial charge in [0.2, 0.25) is 0 Å². The lowest BCUT2D eigenvalue weighted by Gasteiger charge is -2.22. The summed E-state index contributed by atoms with van der Waals surface area (Å²) < 4.78 is 40.0. The Morgan fingerprint density at radius 2 is 2.00 bits per heavy atom.